The monoisotopic (exact) mass is 305 g/mol. The first-order valence-corrected chi connectivity index (χ1v) is 7.41. The van der Waals surface area contributed by atoms with Crippen LogP contribution in [0, 0.1) is 5.92 Å². The second-order valence-corrected chi connectivity index (χ2v) is 5.55. The molecule has 0 spiro atoms. The Labute approximate surface area is 143 Å². The van der Waals surface area contributed by atoms with E-state index in [0.717, 1.165) is 5.56 Å². The van der Waals surface area contributed by atoms with Crippen molar-refractivity contribution in [1.29, 1.82) is 0 Å². The van der Waals surface area contributed by atoms with Gasteiger partial charge < -0.3 is 14.2 Å². The number of likely N-dealkylation sites (tertiary alicyclic amines) is 1. The van der Waals surface area contributed by atoms with E-state index in [1.165, 1.54) is 0 Å². The summed E-state index contributed by atoms with van der Waals surface area (Å²) in [5.74, 6) is 0.144. The number of amides is 1. The van der Waals surface area contributed by atoms with Gasteiger partial charge in [0.2, 0.25) is 0 Å². The van der Waals surface area contributed by atoms with Crippen LogP contribution in [-0.4, -0.2) is 38.6 Å². The maximum absolute atomic E-state index is 11.8. The summed E-state index contributed by atoms with van der Waals surface area (Å²) in [4.78, 5) is 13.4. The summed E-state index contributed by atoms with van der Waals surface area (Å²) >= 11 is -2.05. The molecule has 1 heterocycles. The fraction of sp³-hybridized carbons (Fsp3) is 0.462. The molecule has 1 aliphatic heterocycles. The number of hydrogen-bond donors (Lipinski definition) is 0. The number of benzene rings is 1. The Morgan fingerprint density at radius 2 is 2.10 bits per heavy atom. The first-order chi connectivity index (χ1) is 9.15. The average molecular weight is 305 g/mol. The molecule has 2 rings (SSSR count). The van der Waals surface area contributed by atoms with Gasteiger partial charge in [-0.2, -0.15) is 0 Å². The maximum Gasteiger partial charge on any atom is 1.00 e. The van der Waals surface area contributed by atoms with E-state index >= 15 is 0 Å². The summed E-state index contributed by atoms with van der Waals surface area (Å²) in [5.41, 5.74) is 0.937. The third-order valence-corrected chi connectivity index (χ3v) is 3.86. The Hall–Kier alpha value is -0.400. The van der Waals surface area contributed by atoms with Crippen molar-refractivity contribution in [2.45, 2.75) is 13.0 Å². The smallest absolute Gasteiger partial charge is 0.772 e. The van der Waals surface area contributed by atoms with Gasteiger partial charge in [0.05, 0.1) is 0 Å². The number of ether oxygens (including phenoxy) is 1. The van der Waals surface area contributed by atoms with Crippen molar-refractivity contribution in [3.63, 3.8) is 0 Å². The minimum Gasteiger partial charge on any atom is -0.772 e. The van der Waals surface area contributed by atoms with Crippen LogP contribution in [0.3, 0.4) is 0 Å². The van der Waals surface area contributed by atoms with E-state index in [0.29, 0.717) is 19.5 Å². The molecule has 0 aromatic heterocycles. The molecule has 1 aromatic carbocycles. The molecule has 0 radical (unpaired) electrons. The normalized spacial score (nSPS) is 19.2. The van der Waals surface area contributed by atoms with Crippen molar-refractivity contribution in [2.75, 3.05) is 18.8 Å². The molecule has 0 saturated carbocycles. The molecular formula is C13H16NNaO4S. The predicted octanol–water partition coefficient (Wildman–Crippen LogP) is -1.47. The first kappa shape index (κ1) is 17.7. The zero-order chi connectivity index (χ0) is 13.7. The molecule has 2 atom stereocenters. The van der Waals surface area contributed by atoms with Crippen molar-refractivity contribution in [1.82, 2.24) is 4.90 Å². The van der Waals surface area contributed by atoms with E-state index in [-0.39, 0.29) is 53.9 Å². The Morgan fingerprint density at radius 1 is 1.40 bits per heavy atom. The summed E-state index contributed by atoms with van der Waals surface area (Å²) in [7, 11) is 0. The Balaban J connectivity index is 0.00000200. The molecule has 20 heavy (non-hydrogen) atoms. The van der Waals surface area contributed by atoms with Crippen molar-refractivity contribution < 1.29 is 47.9 Å². The van der Waals surface area contributed by atoms with Crippen LogP contribution in [-0.2, 0) is 22.4 Å². The molecule has 5 nitrogen and oxygen atoms in total. The summed E-state index contributed by atoms with van der Waals surface area (Å²) < 4.78 is 26.4. The van der Waals surface area contributed by atoms with Gasteiger partial charge >= 0.3 is 35.7 Å². The molecule has 1 saturated heterocycles. The quantitative estimate of drug-likeness (QED) is 0.503. The number of hydrogen-bond acceptors (Lipinski definition) is 4. The van der Waals surface area contributed by atoms with Crippen LogP contribution in [0.1, 0.15) is 12.0 Å². The largest absolute Gasteiger partial charge is 1.00 e. The number of carbonyl (C=O) groups is 1. The second kappa shape index (κ2) is 8.79. The van der Waals surface area contributed by atoms with Crippen LogP contribution in [0.25, 0.3) is 0 Å². The minimum absolute atomic E-state index is 0. The average Bonchev–Trinajstić information content (AvgIpc) is 2.85. The van der Waals surface area contributed by atoms with Gasteiger partial charge in [0.25, 0.3) is 0 Å². The molecule has 1 fully saturated rings. The van der Waals surface area contributed by atoms with Gasteiger partial charge in [0, 0.05) is 18.8 Å². The van der Waals surface area contributed by atoms with E-state index in [4.69, 9.17) is 4.74 Å². The molecule has 1 aliphatic rings. The molecule has 2 unspecified atom stereocenters. The molecule has 1 amide bonds. The number of nitrogens with zero attached hydrogens (tertiary/aromatic N) is 1. The first-order valence-electron chi connectivity index (χ1n) is 6.16. The van der Waals surface area contributed by atoms with Crippen molar-refractivity contribution in [3.8, 4) is 0 Å². The zero-order valence-corrected chi connectivity index (χ0v) is 14.3. The summed E-state index contributed by atoms with van der Waals surface area (Å²) in [6.45, 7) is 1.27. The standard InChI is InChI=1S/C13H17NO4S.Na/c15-13(18-9-11-4-2-1-3-5-11)14-7-6-12(8-14)10-19(16)17;/h1-5,12H,6-10H2,(H,16,17);/q;+1/p-1. The van der Waals surface area contributed by atoms with Crippen LogP contribution in [0.5, 0.6) is 0 Å². The molecular weight excluding hydrogens is 289 g/mol. The summed E-state index contributed by atoms with van der Waals surface area (Å²) in [6.07, 6.45) is 0.344. The summed E-state index contributed by atoms with van der Waals surface area (Å²) in [6, 6.07) is 9.46. The SMILES string of the molecule is O=C(OCc1ccccc1)N1CCC(CS(=O)[O-])C1.[Na+]. The molecule has 0 bridgehead atoms. The third kappa shape index (κ3) is 5.54. The van der Waals surface area contributed by atoms with Crippen LogP contribution < -0.4 is 29.6 Å². The van der Waals surface area contributed by atoms with Gasteiger partial charge in [0.1, 0.15) is 6.61 Å². The van der Waals surface area contributed by atoms with Gasteiger partial charge in [-0.1, -0.05) is 41.4 Å². The fourth-order valence-corrected chi connectivity index (χ4v) is 2.79. The maximum atomic E-state index is 11.8. The molecule has 1 aromatic rings. The van der Waals surface area contributed by atoms with Crippen molar-refractivity contribution >= 4 is 17.2 Å². The molecule has 104 valence electrons. The molecule has 0 N–H and O–H groups in total. The number of rotatable bonds is 4. The van der Waals surface area contributed by atoms with E-state index in [1.807, 2.05) is 30.3 Å². The van der Waals surface area contributed by atoms with Gasteiger partial charge in [-0.05, 0) is 17.9 Å². The Morgan fingerprint density at radius 3 is 2.75 bits per heavy atom. The van der Waals surface area contributed by atoms with Gasteiger partial charge in [-0.15, -0.1) is 0 Å². The van der Waals surface area contributed by atoms with Gasteiger partial charge in [-0.25, -0.2) is 4.79 Å². The second-order valence-electron chi connectivity index (χ2n) is 4.61. The van der Waals surface area contributed by atoms with Crippen molar-refractivity contribution in [3.05, 3.63) is 35.9 Å². The molecule has 7 heteroatoms. The van der Waals surface area contributed by atoms with E-state index in [1.54, 1.807) is 4.90 Å². The van der Waals surface area contributed by atoms with Gasteiger partial charge in [-0.3, -0.25) is 4.21 Å². The third-order valence-electron chi connectivity index (χ3n) is 3.12. The fourth-order valence-electron chi connectivity index (χ4n) is 2.14. The Kier molecular flexibility index (Phi) is 7.76. The number of carbonyl (C=O) groups excluding carboxylic acids is 1. The van der Waals surface area contributed by atoms with Crippen LogP contribution in [0.2, 0.25) is 0 Å². The van der Waals surface area contributed by atoms with Crippen LogP contribution in [0.15, 0.2) is 30.3 Å². The topological polar surface area (TPSA) is 69.7 Å². The Bertz CT molecular complexity index is 457. The minimum atomic E-state index is -2.05. The van der Waals surface area contributed by atoms with E-state index in [9.17, 15) is 13.6 Å². The molecule has 0 aliphatic carbocycles. The van der Waals surface area contributed by atoms with Crippen LogP contribution in [0.4, 0.5) is 4.79 Å². The van der Waals surface area contributed by atoms with E-state index < -0.39 is 11.1 Å². The van der Waals surface area contributed by atoms with Gasteiger partial charge in [0.15, 0.2) is 0 Å². The van der Waals surface area contributed by atoms with Crippen LogP contribution >= 0.6 is 0 Å². The van der Waals surface area contributed by atoms with Crippen molar-refractivity contribution in [2.24, 2.45) is 5.92 Å². The zero-order valence-electron chi connectivity index (χ0n) is 11.5. The van der Waals surface area contributed by atoms with E-state index in [2.05, 4.69) is 0 Å². The summed E-state index contributed by atoms with van der Waals surface area (Å²) in [5, 5.41) is 0. The predicted molar refractivity (Wildman–Crippen MR) is 70.1 cm³/mol.